The average molecular weight is 499 g/mol. The molecule has 2 fully saturated rings. The molecular formula is C25H31ClN6O3. The van der Waals surface area contributed by atoms with Gasteiger partial charge in [-0.15, -0.1) is 0 Å². The van der Waals surface area contributed by atoms with E-state index < -0.39 is 5.91 Å². The van der Waals surface area contributed by atoms with E-state index >= 15 is 0 Å². The van der Waals surface area contributed by atoms with Crippen molar-refractivity contribution in [2.24, 2.45) is 22.4 Å². The SMILES string of the molecule is Cc1c(C(=O)N[C@@H](C)CC2CC(OC(N)=C(C=NC3CC3)C(N)=O)C2)cnn1-c1ccc(Cl)cc1. The normalized spacial score (nSPS) is 21.2. The Morgan fingerprint density at radius 2 is 1.97 bits per heavy atom. The molecule has 0 unspecified atom stereocenters. The number of nitrogens with one attached hydrogen (secondary N) is 1. The summed E-state index contributed by atoms with van der Waals surface area (Å²) in [6, 6.07) is 7.53. The van der Waals surface area contributed by atoms with E-state index in [2.05, 4.69) is 15.4 Å². The van der Waals surface area contributed by atoms with Crippen molar-refractivity contribution in [2.45, 2.75) is 64.1 Å². The van der Waals surface area contributed by atoms with Gasteiger partial charge in [0.25, 0.3) is 11.8 Å². The molecule has 0 saturated heterocycles. The molecule has 5 N–H and O–H groups in total. The zero-order chi connectivity index (χ0) is 25.1. The van der Waals surface area contributed by atoms with Gasteiger partial charge < -0.3 is 21.5 Å². The maximum absolute atomic E-state index is 12.8. The van der Waals surface area contributed by atoms with Gasteiger partial charge in [0.2, 0.25) is 0 Å². The Morgan fingerprint density at radius 1 is 1.29 bits per heavy atom. The highest BCUT2D eigenvalue weighted by atomic mass is 35.5. The number of amides is 2. The van der Waals surface area contributed by atoms with Crippen molar-refractivity contribution in [3.8, 4) is 5.69 Å². The van der Waals surface area contributed by atoms with Crippen LogP contribution < -0.4 is 16.8 Å². The quantitative estimate of drug-likeness (QED) is 0.262. The number of carbonyl (C=O) groups excluding carboxylic acids is 2. The topological polar surface area (TPSA) is 138 Å². The van der Waals surface area contributed by atoms with Crippen LogP contribution in [0, 0.1) is 12.8 Å². The number of benzene rings is 1. The van der Waals surface area contributed by atoms with Crippen LogP contribution >= 0.6 is 11.6 Å². The molecule has 2 amide bonds. The Kier molecular flexibility index (Phi) is 7.45. The molecule has 10 heteroatoms. The fourth-order valence-corrected chi connectivity index (χ4v) is 4.32. The predicted molar refractivity (Wildman–Crippen MR) is 134 cm³/mol. The zero-order valence-electron chi connectivity index (χ0n) is 19.9. The lowest BCUT2D eigenvalue weighted by Crippen LogP contribution is -2.39. The molecule has 2 aliphatic carbocycles. The third kappa shape index (κ3) is 6.22. The minimum Gasteiger partial charge on any atom is -0.475 e. The van der Waals surface area contributed by atoms with Crippen molar-refractivity contribution < 1.29 is 14.3 Å². The van der Waals surface area contributed by atoms with Crippen LogP contribution in [0.15, 0.2) is 46.9 Å². The van der Waals surface area contributed by atoms with Crippen LogP contribution in [0.2, 0.25) is 5.02 Å². The number of nitrogens with zero attached hydrogens (tertiary/aromatic N) is 3. The van der Waals surface area contributed by atoms with Gasteiger partial charge in [0.15, 0.2) is 5.88 Å². The van der Waals surface area contributed by atoms with Crippen LogP contribution in [-0.4, -0.2) is 46.0 Å². The second kappa shape index (κ2) is 10.5. The first-order valence-electron chi connectivity index (χ1n) is 11.8. The summed E-state index contributed by atoms with van der Waals surface area (Å²) >= 11 is 5.96. The standard InChI is InChI=1S/C25H31ClN6O3/c1-14(31-25(34)21-13-30-32(15(21)2)19-7-3-17(26)4-8-19)9-16-10-20(11-16)35-24(28)22(23(27)33)12-29-18-5-6-18/h3-4,7-8,12-14,16,18,20H,5-6,9-11,28H2,1-2H3,(H2,27,33)(H,31,34)/t14-,16?,20?/m0/s1. The number of aliphatic imine (C=N–C) groups is 1. The lowest BCUT2D eigenvalue weighted by Gasteiger charge is -2.37. The molecule has 0 spiro atoms. The van der Waals surface area contributed by atoms with E-state index in [0.29, 0.717) is 16.5 Å². The summed E-state index contributed by atoms with van der Waals surface area (Å²) in [4.78, 5) is 28.8. The minimum absolute atomic E-state index is 0.0218. The maximum Gasteiger partial charge on any atom is 0.255 e. The van der Waals surface area contributed by atoms with E-state index in [1.54, 1.807) is 23.0 Å². The molecule has 0 radical (unpaired) electrons. The van der Waals surface area contributed by atoms with Gasteiger partial charge in [0.05, 0.1) is 29.2 Å². The van der Waals surface area contributed by atoms with Crippen molar-refractivity contribution in [3.63, 3.8) is 0 Å². The molecule has 4 rings (SSSR count). The highest BCUT2D eigenvalue weighted by Gasteiger charge is 2.33. The van der Waals surface area contributed by atoms with Crippen molar-refractivity contribution in [2.75, 3.05) is 0 Å². The van der Waals surface area contributed by atoms with Crippen molar-refractivity contribution in [1.29, 1.82) is 0 Å². The van der Waals surface area contributed by atoms with E-state index in [4.69, 9.17) is 27.8 Å². The van der Waals surface area contributed by atoms with Gasteiger partial charge in [-0.1, -0.05) is 11.6 Å². The third-order valence-electron chi connectivity index (χ3n) is 6.37. The molecule has 0 bridgehead atoms. The fraction of sp³-hybridized carbons (Fsp3) is 0.440. The van der Waals surface area contributed by atoms with Crippen molar-refractivity contribution >= 4 is 29.6 Å². The Bertz CT molecular complexity index is 1150. The van der Waals surface area contributed by atoms with E-state index in [-0.39, 0.29) is 35.6 Å². The molecule has 1 aromatic heterocycles. The molecule has 2 saturated carbocycles. The Morgan fingerprint density at radius 3 is 2.60 bits per heavy atom. The van der Waals surface area contributed by atoms with Gasteiger partial charge in [0, 0.05) is 17.3 Å². The molecular weight excluding hydrogens is 468 g/mol. The molecule has 35 heavy (non-hydrogen) atoms. The number of hydrogen-bond donors (Lipinski definition) is 3. The summed E-state index contributed by atoms with van der Waals surface area (Å²) in [5.74, 6) is -0.387. The largest absolute Gasteiger partial charge is 0.475 e. The van der Waals surface area contributed by atoms with Crippen LogP contribution in [0.3, 0.4) is 0 Å². The number of hydrogen-bond acceptors (Lipinski definition) is 6. The molecule has 0 aliphatic heterocycles. The molecule has 2 aromatic rings. The molecule has 1 aromatic carbocycles. The summed E-state index contributed by atoms with van der Waals surface area (Å²) in [6.07, 6.45) is 7.37. The summed E-state index contributed by atoms with van der Waals surface area (Å²) in [5, 5.41) is 8.07. The monoisotopic (exact) mass is 498 g/mol. The lowest BCUT2D eigenvalue weighted by atomic mass is 9.78. The zero-order valence-corrected chi connectivity index (χ0v) is 20.7. The Hall–Kier alpha value is -3.33. The van der Waals surface area contributed by atoms with Gasteiger partial charge >= 0.3 is 0 Å². The summed E-state index contributed by atoms with van der Waals surface area (Å²) in [5.41, 5.74) is 13.6. The van der Waals surface area contributed by atoms with E-state index in [0.717, 1.165) is 43.5 Å². The molecule has 186 valence electrons. The number of aromatic nitrogens is 2. The number of primary amides is 1. The summed E-state index contributed by atoms with van der Waals surface area (Å²) < 4.78 is 7.47. The first-order valence-corrected chi connectivity index (χ1v) is 12.2. The third-order valence-corrected chi connectivity index (χ3v) is 6.62. The maximum atomic E-state index is 12.8. The van der Waals surface area contributed by atoms with Crippen LogP contribution in [0.1, 0.15) is 55.1 Å². The first kappa shape index (κ1) is 24.8. The van der Waals surface area contributed by atoms with Crippen molar-refractivity contribution in [3.05, 3.63) is 58.2 Å². The van der Waals surface area contributed by atoms with E-state index in [1.165, 1.54) is 6.21 Å². The summed E-state index contributed by atoms with van der Waals surface area (Å²) in [7, 11) is 0. The van der Waals surface area contributed by atoms with E-state index in [9.17, 15) is 9.59 Å². The summed E-state index contributed by atoms with van der Waals surface area (Å²) in [6.45, 7) is 3.85. The number of ether oxygens (including phenoxy) is 1. The highest BCUT2D eigenvalue weighted by molar-refractivity contribution is 6.30. The van der Waals surface area contributed by atoms with Crippen LogP contribution in [0.5, 0.6) is 0 Å². The molecule has 1 heterocycles. The minimum atomic E-state index is -0.645. The number of rotatable bonds is 10. The average Bonchev–Trinajstić information content (AvgIpc) is 3.52. The van der Waals surface area contributed by atoms with Crippen LogP contribution in [-0.2, 0) is 9.53 Å². The van der Waals surface area contributed by atoms with Gasteiger partial charge in [-0.3, -0.25) is 14.6 Å². The second-order valence-corrected chi connectivity index (χ2v) is 9.81. The number of nitrogens with two attached hydrogens (primary N) is 2. The molecule has 9 nitrogen and oxygen atoms in total. The van der Waals surface area contributed by atoms with Crippen LogP contribution in [0.25, 0.3) is 5.69 Å². The van der Waals surface area contributed by atoms with Gasteiger partial charge in [-0.25, -0.2) is 4.68 Å². The van der Waals surface area contributed by atoms with Gasteiger partial charge in [-0.2, -0.15) is 5.10 Å². The van der Waals surface area contributed by atoms with Gasteiger partial charge in [-0.05, 0) is 76.1 Å². The number of halogens is 1. The molecule has 2 aliphatic rings. The van der Waals surface area contributed by atoms with Crippen molar-refractivity contribution in [1.82, 2.24) is 15.1 Å². The van der Waals surface area contributed by atoms with E-state index in [1.807, 2.05) is 26.0 Å². The van der Waals surface area contributed by atoms with Crippen LogP contribution in [0.4, 0.5) is 0 Å². The fourth-order valence-electron chi connectivity index (χ4n) is 4.19. The Labute approximate surface area is 209 Å². The first-order chi connectivity index (χ1) is 16.7. The smallest absolute Gasteiger partial charge is 0.255 e. The highest BCUT2D eigenvalue weighted by Crippen LogP contribution is 2.34. The Balaban J connectivity index is 1.26. The van der Waals surface area contributed by atoms with Gasteiger partial charge in [0.1, 0.15) is 11.7 Å². The predicted octanol–water partition coefficient (Wildman–Crippen LogP) is 3.03. The lowest BCUT2D eigenvalue weighted by molar-refractivity contribution is -0.114. The number of carbonyl (C=O) groups is 2. The molecule has 1 atom stereocenters. The second-order valence-electron chi connectivity index (χ2n) is 9.37.